The Morgan fingerprint density at radius 3 is 2.25 bits per heavy atom. The number of nitriles is 1. The summed E-state index contributed by atoms with van der Waals surface area (Å²) in [4.78, 5) is 0. The highest BCUT2D eigenvalue weighted by molar-refractivity contribution is 5.85. The van der Waals surface area contributed by atoms with E-state index < -0.39 is 0 Å². The van der Waals surface area contributed by atoms with Crippen molar-refractivity contribution in [1.29, 1.82) is 5.26 Å². The highest BCUT2D eigenvalue weighted by atomic mass is 35.5. The summed E-state index contributed by atoms with van der Waals surface area (Å²) in [5.41, 5.74) is 3.90. The number of benzene rings is 2. The molecule has 2 heteroatoms. The second kappa shape index (κ2) is 5.34. The van der Waals surface area contributed by atoms with Gasteiger partial charge in [0, 0.05) is 0 Å². The van der Waals surface area contributed by atoms with E-state index in [1.54, 1.807) is 0 Å². The summed E-state index contributed by atoms with van der Waals surface area (Å²) in [6.45, 7) is 1.96. The third-order valence-corrected chi connectivity index (χ3v) is 2.47. The van der Waals surface area contributed by atoms with Crippen molar-refractivity contribution >= 4 is 12.4 Å². The topological polar surface area (TPSA) is 23.8 Å². The Hall–Kier alpha value is -1.78. The molecular weight excluding hydrogens is 218 g/mol. The van der Waals surface area contributed by atoms with Crippen molar-refractivity contribution in [2.45, 2.75) is 6.92 Å². The Morgan fingerprint density at radius 2 is 1.62 bits per heavy atom. The Morgan fingerprint density at radius 1 is 0.938 bits per heavy atom. The zero-order valence-corrected chi connectivity index (χ0v) is 9.79. The van der Waals surface area contributed by atoms with Crippen LogP contribution >= 0.6 is 12.4 Å². The van der Waals surface area contributed by atoms with E-state index >= 15 is 0 Å². The van der Waals surface area contributed by atoms with E-state index in [4.69, 9.17) is 5.26 Å². The summed E-state index contributed by atoms with van der Waals surface area (Å²) in [6, 6.07) is 18.2. The second-order valence-electron chi connectivity index (χ2n) is 3.48. The lowest BCUT2D eigenvalue weighted by atomic mass is 9.97. The molecule has 0 unspecified atom stereocenters. The van der Waals surface area contributed by atoms with E-state index in [0.717, 1.165) is 22.3 Å². The van der Waals surface area contributed by atoms with Gasteiger partial charge in [0.2, 0.25) is 0 Å². The molecule has 0 N–H and O–H groups in total. The highest BCUT2D eigenvalue weighted by Gasteiger charge is 2.05. The quantitative estimate of drug-likeness (QED) is 0.726. The second-order valence-corrected chi connectivity index (χ2v) is 3.48. The fourth-order valence-corrected chi connectivity index (χ4v) is 1.67. The van der Waals surface area contributed by atoms with Crippen molar-refractivity contribution in [1.82, 2.24) is 0 Å². The molecule has 0 bridgehead atoms. The number of nitrogens with zero attached hydrogens (tertiary/aromatic N) is 1. The average molecular weight is 230 g/mol. The molecule has 0 radical (unpaired) electrons. The van der Waals surface area contributed by atoms with Gasteiger partial charge in [-0.05, 0) is 23.6 Å². The van der Waals surface area contributed by atoms with Gasteiger partial charge in [-0.3, -0.25) is 0 Å². The van der Waals surface area contributed by atoms with Crippen molar-refractivity contribution in [3.8, 4) is 17.2 Å². The molecule has 2 aromatic carbocycles. The monoisotopic (exact) mass is 229 g/mol. The zero-order chi connectivity index (χ0) is 10.7. The zero-order valence-electron chi connectivity index (χ0n) is 8.97. The van der Waals surface area contributed by atoms with E-state index in [9.17, 15) is 0 Å². The normalized spacial score (nSPS) is 9.00. The van der Waals surface area contributed by atoms with Crippen LogP contribution in [0.5, 0.6) is 0 Å². The third-order valence-electron chi connectivity index (χ3n) is 2.47. The first-order valence-electron chi connectivity index (χ1n) is 4.88. The summed E-state index contributed by atoms with van der Waals surface area (Å²) < 4.78 is 0. The molecule has 1 nitrogen and oxygen atoms in total. The van der Waals surface area contributed by atoms with Crippen LogP contribution in [0.25, 0.3) is 11.1 Å². The summed E-state index contributed by atoms with van der Waals surface area (Å²) in [6.07, 6.45) is 0. The lowest BCUT2D eigenvalue weighted by Gasteiger charge is -2.05. The molecule has 0 heterocycles. The van der Waals surface area contributed by atoms with Crippen molar-refractivity contribution in [2.75, 3.05) is 0 Å². The molecule has 80 valence electrons. The van der Waals surface area contributed by atoms with Crippen molar-refractivity contribution < 1.29 is 0 Å². The number of hydrogen-bond donors (Lipinski definition) is 0. The minimum absolute atomic E-state index is 0. The minimum atomic E-state index is 0. The van der Waals surface area contributed by atoms with Crippen LogP contribution in [0.15, 0.2) is 48.5 Å². The first-order valence-corrected chi connectivity index (χ1v) is 4.88. The molecule has 0 saturated carbocycles. The SMILES string of the molecule is Cc1cccc(-c2ccccc2)c1C#N.Cl. The maximum Gasteiger partial charge on any atom is 0.100 e. The molecule has 0 saturated heterocycles. The standard InChI is InChI=1S/C14H11N.ClH/c1-11-6-5-9-13(14(11)10-15)12-7-3-2-4-8-12;/h2-9H,1H3;1H. The molecule has 0 fully saturated rings. The van der Waals surface area contributed by atoms with Crippen LogP contribution < -0.4 is 0 Å². The molecule has 16 heavy (non-hydrogen) atoms. The average Bonchev–Trinajstić information content (AvgIpc) is 2.30. The smallest absolute Gasteiger partial charge is 0.100 e. The Balaban J connectivity index is 0.00000128. The molecule has 0 aliphatic heterocycles. The first-order chi connectivity index (χ1) is 7.33. The van der Waals surface area contributed by atoms with Gasteiger partial charge in [-0.2, -0.15) is 5.26 Å². The molecule has 0 aliphatic rings. The van der Waals surface area contributed by atoms with Crippen LogP contribution in [-0.4, -0.2) is 0 Å². The van der Waals surface area contributed by atoms with E-state index in [2.05, 4.69) is 6.07 Å². The van der Waals surface area contributed by atoms with Crippen LogP contribution in [-0.2, 0) is 0 Å². The minimum Gasteiger partial charge on any atom is -0.192 e. The van der Waals surface area contributed by atoms with Gasteiger partial charge in [0.1, 0.15) is 6.07 Å². The molecule has 2 rings (SSSR count). The van der Waals surface area contributed by atoms with Crippen LogP contribution in [0.1, 0.15) is 11.1 Å². The molecule has 0 amide bonds. The predicted molar refractivity (Wildman–Crippen MR) is 68.6 cm³/mol. The summed E-state index contributed by atoms with van der Waals surface area (Å²) in [7, 11) is 0. The van der Waals surface area contributed by atoms with Gasteiger partial charge in [0.05, 0.1) is 5.56 Å². The highest BCUT2D eigenvalue weighted by Crippen LogP contribution is 2.24. The van der Waals surface area contributed by atoms with Gasteiger partial charge in [0.25, 0.3) is 0 Å². The summed E-state index contributed by atoms with van der Waals surface area (Å²) >= 11 is 0. The van der Waals surface area contributed by atoms with Crippen molar-refractivity contribution in [3.05, 3.63) is 59.7 Å². The fraction of sp³-hybridized carbons (Fsp3) is 0.0714. The molecule has 0 spiro atoms. The van der Waals surface area contributed by atoms with Crippen LogP contribution in [0, 0.1) is 18.3 Å². The number of halogens is 1. The van der Waals surface area contributed by atoms with E-state index in [1.165, 1.54) is 0 Å². The Bertz CT molecular complexity index is 512. The van der Waals surface area contributed by atoms with Crippen molar-refractivity contribution in [2.24, 2.45) is 0 Å². The predicted octanol–water partition coefficient (Wildman–Crippen LogP) is 3.96. The third kappa shape index (κ3) is 2.24. The number of aryl methyl sites for hydroxylation is 1. The van der Waals surface area contributed by atoms with E-state index in [1.807, 2.05) is 55.5 Å². The van der Waals surface area contributed by atoms with E-state index in [0.29, 0.717) is 0 Å². The lowest BCUT2D eigenvalue weighted by Crippen LogP contribution is -1.87. The first kappa shape index (κ1) is 12.3. The molecule has 0 atom stereocenters. The fourth-order valence-electron chi connectivity index (χ4n) is 1.67. The lowest BCUT2D eigenvalue weighted by molar-refractivity contribution is 1.39. The maximum absolute atomic E-state index is 9.11. The van der Waals surface area contributed by atoms with Gasteiger partial charge in [-0.1, -0.05) is 48.5 Å². The van der Waals surface area contributed by atoms with Gasteiger partial charge >= 0.3 is 0 Å². The van der Waals surface area contributed by atoms with Gasteiger partial charge in [0.15, 0.2) is 0 Å². The Kier molecular flexibility index (Phi) is 4.10. The summed E-state index contributed by atoms with van der Waals surface area (Å²) in [5.74, 6) is 0. The van der Waals surface area contributed by atoms with Crippen LogP contribution in [0.4, 0.5) is 0 Å². The number of rotatable bonds is 1. The van der Waals surface area contributed by atoms with Crippen LogP contribution in [0.2, 0.25) is 0 Å². The van der Waals surface area contributed by atoms with E-state index in [-0.39, 0.29) is 12.4 Å². The maximum atomic E-state index is 9.11. The molecule has 0 aliphatic carbocycles. The molecule has 2 aromatic rings. The molecular formula is C14H12ClN. The van der Waals surface area contributed by atoms with Gasteiger partial charge < -0.3 is 0 Å². The Labute approximate surface area is 102 Å². The largest absolute Gasteiger partial charge is 0.192 e. The number of hydrogen-bond acceptors (Lipinski definition) is 1. The van der Waals surface area contributed by atoms with Gasteiger partial charge in [-0.15, -0.1) is 12.4 Å². The summed E-state index contributed by atoms with van der Waals surface area (Å²) in [5, 5.41) is 9.11. The molecule has 0 aromatic heterocycles. The van der Waals surface area contributed by atoms with Crippen LogP contribution in [0.3, 0.4) is 0 Å². The van der Waals surface area contributed by atoms with Crippen molar-refractivity contribution in [3.63, 3.8) is 0 Å². The van der Waals surface area contributed by atoms with Gasteiger partial charge in [-0.25, -0.2) is 0 Å².